The molecule has 4 heavy (non-hydrogen) atoms. The van der Waals surface area contributed by atoms with Crippen LogP contribution in [0.3, 0.4) is 0 Å². The van der Waals surface area contributed by atoms with Gasteiger partial charge in [-0.2, -0.15) is 0 Å². The van der Waals surface area contributed by atoms with Gasteiger partial charge in [0, 0.05) is 0 Å². The molecule has 0 saturated heterocycles. The Kier molecular flexibility index (Phi) is 216. The van der Waals surface area contributed by atoms with E-state index < -0.39 is 0 Å². The van der Waals surface area contributed by atoms with Crippen molar-refractivity contribution in [3.63, 3.8) is 0 Å². The summed E-state index contributed by atoms with van der Waals surface area (Å²) in [5.74, 6) is 0. The van der Waals surface area contributed by atoms with E-state index in [0.717, 1.165) is 0 Å². The standard InChI is InChI=1S/2FH.La.Mg/h2*1H;;/q;;+3;+2/p-2. The van der Waals surface area contributed by atoms with E-state index in [1.807, 2.05) is 0 Å². The molecule has 0 saturated carbocycles. The van der Waals surface area contributed by atoms with Crippen LogP contribution in [0.1, 0.15) is 0 Å². The van der Waals surface area contributed by atoms with E-state index in [4.69, 9.17) is 0 Å². The zero-order valence-corrected chi connectivity index (χ0v) is 7.08. The Morgan fingerprint density at radius 1 is 0.750 bits per heavy atom. The summed E-state index contributed by atoms with van der Waals surface area (Å²) < 4.78 is 0. The summed E-state index contributed by atoms with van der Waals surface area (Å²) >= 11 is 0. The molecular weight excluding hydrogens is 201 g/mol. The fourth-order valence-electron chi connectivity index (χ4n) is 0. The van der Waals surface area contributed by atoms with Crippen molar-refractivity contribution in [2.75, 3.05) is 0 Å². The first kappa shape index (κ1) is 40.8. The van der Waals surface area contributed by atoms with Crippen molar-refractivity contribution in [1.82, 2.24) is 0 Å². The van der Waals surface area contributed by atoms with Crippen LogP contribution in [-0.2, 0) is 0 Å². The first-order valence-corrected chi connectivity index (χ1v) is 0. The van der Waals surface area contributed by atoms with Crippen LogP contribution in [0, 0.1) is 35.6 Å². The fraction of sp³-hybridized carbons (Fsp3) is 0. The SMILES string of the molecule is [F-].[F-].[La+3].[Mg+2]. The molecule has 0 radical (unpaired) electrons. The maximum Gasteiger partial charge on any atom is 3.00 e. The van der Waals surface area contributed by atoms with E-state index >= 15 is 0 Å². The van der Waals surface area contributed by atoms with Gasteiger partial charge in [0.1, 0.15) is 0 Å². The van der Waals surface area contributed by atoms with Crippen LogP contribution in [-0.4, -0.2) is 23.1 Å². The van der Waals surface area contributed by atoms with E-state index in [0.29, 0.717) is 0 Å². The van der Waals surface area contributed by atoms with Crippen molar-refractivity contribution in [2.24, 2.45) is 0 Å². The van der Waals surface area contributed by atoms with Crippen molar-refractivity contribution in [2.45, 2.75) is 0 Å². The quantitative estimate of drug-likeness (QED) is 0.342. The van der Waals surface area contributed by atoms with Crippen LogP contribution in [0.5, 0.6) is 0 Å². The van der Waals surface area contributed by atoms with E-state index in [9.17, 15) is 0 Å². The van der Waals surface area contributed by atoms with Crippen LogP contribution in [0.4, 0.5) is 0 Å². The van der Waals surface area contributed by atoms with Gasteiger partial charge < -0.3 is 9.41 Å². The summed E-state index contributed by atoms with van der Waals surface area (Å²) in [5, 5.41) is 0. The molecule has 0 atom stereocenters. The summed E-state index contributed by atoms with van der Waals surface area (Å²) in [4.78, 5) is 0. The van der Waals surface area contributed by atoms with Crippen molar-refractivity contribution < 1.29 is 45.0 Å². The molecule has 0 fully saturated rings. The monoisotopic (exact) mass is 201 g/mol. The second kappa shape index (κ2) is 21.2. The fourth-order valence-corrected chi connectivity index (χ4v) is 0. The van der Waals surface area contributed by atoms with Gasteiger partial charge in [0.2, 0.25) is 0 Å². The Balaban J connectivity index is 0. The molecule has 0 rings (SSSR count). The van der Waals surface area contributed by atoms with Crippen LogP contribution >= 0.6 is 0 Å². The third-order valence-electron chi connectivity index (χ3n) is 0. The third kappa shape index (κ3) is 9.17. The predicted molar refractivity (Wildman–Crippen MR) is 5.75 cm³/mol. The molecule has 0 aliphatic carbocycles. The molecule has 0 amide bonds. The first-order valence-electron chi connectivity index (χ1n) is 0. The molecule has 0 aliphatic rings. The van der Waals surface area contributed by atoms with Crippen molar-refractivity contribution in [3.05, 3.63) is 0 Å². The van der Waals surface area contributed by atoms with Gasteiger partial charge in [-0.3, -0.25) is 0 Å². The third-order valence-corrected chi connectivity index (χ3v) is 0. The summed E-state index contributed by atoms with van der Waals surface area (Å²) in [7, 11) is 0. The smallest absolute Gasteiger partial charge is 1.00 e. The first-order chi connectivity index (χ1) is 0. The minimum absolute atomic E-state index is 0. The van der Waals surface area contributed by atoms with Crippen LogP contribution < -0.4 is 9.41 Å². The van der Waals surface area contributed by atoms with Gasteiger partial charge >= 0.3 is 58.7 Å². The zero-order chi connectivity index (χ0) is 0. The minimum atomic E-state index is 0. The van der Waals surface area contributed by atoms with E-state index in [1.165, 1.54) is 0 Å². The molecule has 0 unspecified atom stereocenters. The number of hydrogen-bond acceptors (Lipinski definition) is 0. The Bertz CT molecular complexity index is 6.00. The molecule has 4 heteroatoms. The van der Waals surface area contributed by atoms with E-state index in [2.05, 4.69) is 0 Å². The Hall–Kier alpha value is 1.82. The maximum atomic E-state index is 0. The van der Waals surface area contributed by atoms with Crippen LogP contribution in [0.15, 0.2) is 0 Å². The van der Waals surface area contributed by atoms with E-state index in [1.54, 1.807) is 0 Å². The number of halogens is 2. The van der Waals surface area contributed by atoms with E-state index in [-0.39, 0.29) is 68.1 Å². The molecule has 0 heterocycles. The molecule has 16 valence electrons. The average molecular weight is 201 g/mol. The molecular formula is F2LaMg+3. The summed E-state index contributed by atoms with van der Waals surface area (Å²) in [6.07, 6.45) is 0. The molecule has 0 nitrogen and oxygen atoms in total. The predicted octanol–water partition coefficient (Wildman–Crippen LogP) is -6.37. The number of rotatable bonds is 0. The van der Waals surface area contributed by atoms with Gasteiger partial charge in [-0.1, -0.05) is 0 Å². The topological polar surface area (TPSA) is 0 Å². The van der Waals surface area contributed by atoms with Gasteiger partial charge in [0.05, 0.1) is 0 Å². The average Bonchev–Trinajstić information content (AvgIpc) is 0. The molecule has 0 aromatic carbocycles. The molecule has 0 aromatic rings. The largest absolute Gasteiger partial charge is 3.00 e. The molecule has 0 bridgehead atoms. The van der Waals surface area contributed by atoms with Crippen molar-refractivity contribution >= 4 is 23.1 Å². The molecule has 0 aromatic heterocycles. The van der Waals surface area contributed by atoms with Crippen molar-refractivity contribution in [3.8, 4) is 0 Å². The second-order valence-corrected chi connectivity index (χ2v) is 0. The molecule has 0 aliphatic heterocycles. The Morgan fingerprint density at radius 3 is 0.750 bits per heavy atom. The van der Waals surface area contributed by atoms with Gasteiger partial charge in [-0.05, 0) is 0 Å². The Morgan fingerprint density at radius 2 is 0.750 bits per heavy atom. The Labute approximate surface area is 67.2 Å². The zero-order valence-electron chi connectivity index (χ0n) is 2.04. The van der Waals surface area contributed by atoms with Gasteiger partial charge in [-0.25, -0.2) is 0 Å². The number of hydrogen-bond donors (Lipinski definition) is 0. The van der Waals surface area contributed by atoms with Crippen molar-refractivity contribution in [1.29, 1.82) is 0 Å². The summed E-state index contributed by atoms with van der Waals surface area (Å²) in [5.41, 5.74) is 0. The van der Waals surface area contributed by atoms with Gasteiger partial charge in [0.15, 0.2) is 0 Å². The summed E-state index contributed by atoms with van der Waals surface area (Å²) in [6.45, 7) is 0. The van der Waals surface area contributed by atoms with Gasteiger partial charge in [0.25, 0.3) is 0 Å². The second-order valence-electron chi connectivity index (χ2n) is 0. The molecule has 0 N–H and O–H groups in total. The molecule has 0 spiro atoms. The van der Waals surface area contributed by atoms with Crippen LogP contribution in [0.2, 0.25) is 0 Å². The normalized spacial score (nSPS) is 0. The maximum absolute atomic E-state index is 0. The minimum Gasteiger partial charge on any atom is -1.00 e. The summed E-state index contributed by atoms with van der Waals surface area (Å²) in [6, 6.07) is 0. The van der Waals surface area contributed by atoms with Gasteiger partial charge in [-0.15, -0.1) is 0 Å². The van der Waals surface area contributed by atoms with Crippen LogP contribution in [0.25, 0.3) is 0 Å².